The number of rotatable bonds is 10. The highest BCUT2D eigenvalue weighted by Gasteiger charge is 2.16. The van der Waals surface area contributed by atoms with Crippen molar-refractivity contribution < 1.29 is 14.3 Å². The van der Waals surface area contributed by atoms with E-state index in [2.05, 4.69) is 27.4 Å². The number of methoxy groups -OCH3 is 1. The van der Waals surface area contributed by atoms with Gasteiger partial charge in [-0.2, -0.15) is 0 Å². The Morgan fingerprint density at radius 1 is 1.12 bits per heavy atom. The second-order valence-electron chi connectivity index (χ2n) is 6.60. The van der Waals surface area contributed by atoms with Crippen molar-refractivity contribution in [3.8, 4) is 5.75 Å². The van der Waals surface area contributed by atoms with Crippen molar-refractivity contribution in [2.24, 2.45) is 0 Å². The molecule has 0 aliphatic heterocycles. The topological polar surface area (TPSA) is 98.1 Å². The number of halogens is 1. The third kappa shape index (κ3) is 6.60. The Morgan fingerprint density at radius 3 is 2.56 bits per heavy atom. The van der Waals surface area contributed by atoms with Crippen molar-refractivity contribution in [3.05, 3.63) is 72.0 Å². The summed E-state index contributed by atoms with van der Waals surface area (Å²) in [5.41, 5.74) is 1.27. The largest absolute Gasteiger partial charge is 0.497 e. The van der Waals surface area contributed by atoms with Crippen LogP contribution in [-0.4, -0.2) is 39.4 Å². The first-order valence-electron chi connectivity index (χ1n) is 9.63. The molecule has 0 aliphatic carbocycles. The number of benzene rings is 2. The predicted octanol–water partition coefficient (Wildman–Crippen LogP) is 4.04. The van der Waals surface area contributed by atoms with Crippen LogP contribution in [0.3, 0.4) is 0 Å². The first-order valence-corrected chi connectivity index (χ1v) is 11.0. The number of carbonyl (C=O) groups excluding carboxylic acids is 2. The van der Waals surface area contributed by atoms with Crippen LogP contribution in [0.5, 0.6) is 5.75 Å². The van der Waals surface area contributed by atoms with Crippen molar-refractivity contribution in [3.63, 3.8) is 0 Å². The van der Waals surface area contributed by atoms with Crippen LogP contribution in [0, 0.1) is 0 Å². The van der Waals surface area contributed by atoms with Crippen molar-refractivity contribution >= 4 is 46.6 Å². The normalized spacial score (nSPS) is 10.4. The zero-order valence-corrected chi connectivity index (χ0v) is 18.9. The molecule has 0 radical (unpaired) electrons. The molecule has 1 aromatic heterocycles. The molecule has 3 rings (SSSR count). The number of amides is 2. The summed E-state index contributed by atoms with van der Waals surface area (Å²) in [6, 6.07) is 14.0. The van der Waals surface area contributed by atoms with Crippen LogP contribution in [0.2, 0.25) is 5.02 Å². The van der Waals surface area contributed by atoms with E-state index < -0.39 is 0 Å². The maximum Gasteiger partial charge on any atom is 0.234 e. The summed E-state index contributed by atoms with van der Waals surface area (Å²) in [7, 11) is 1.58. The number of anilines is 2. The Morgan fingerprint density at radius 2 is 1.88 bits per heavy atom. The van der Waals surface area contributed by atoms with E-state index in [4.69, 9.17) is 16.3 Å². The number of hydrogen-bond donors (Lipinski definition) is 2. The lowest BCUT2D eigenvalue weighted by atomic mass is 10.3. The molecule has 0 saturated carbocycles. The van der Waals surface area contributed by atoms with Gasteiger partial charge in [0.25, 0.3) is 0 Å². The monoisotopic (exact) mass is 471 g/mol. The van der Waals surface area contributed by atoms with Crippen molar-refractivity contribution in [2.75, 3.05) is 23.5 Å². The van der Waals surface area contributed by atoms with Gasteiger partial charge in [-0.25, -0.2) is 0 Å². The molecule has 0 bridgehead atoms. The zero-order chi connectivity index (χ0) is 22.9. The molecule has 10 heteroatoms. The van der Waals surface area contributed by atoms with Crippen molar-refractivity contribution in [2.45, 2.75) is 18.1 Å². The molecule has 3 aromatic rings. The van der Waals surface area contributed by atoms with Crippen molar-refractivity contribution in [1.82, 2.24) is 14.8 Å². The van der Waals surface area contributed by atoms with Crippen LogP contribution in [-0.2, 0) is 22.6 Å². The highest BCUT2D eigenvalue weighted by Crippen LogP contribution is 2.20. The molecular formula is C22H22ClN5O3S. The van der Waals surface area contributed by atoms with Gasteiger partial charge in [0.15, 0.2) is 5.16 Å². The lowest BCUT2D eigenvalue weighted by Gasteiger charge is -2.09. The van der Waals surface area contributed by atoms with Crippen LogP contribution in [0.1, 0.15) is 5.82 Å². The summed E-state index contributed by atoms with van der Waals surface area (Å²) in [6.45, 7) is 4.16. The standard InChI is InChI=1S/C22H22ClN5O3S/c1-3-11-28-19(13-20(29)24-16-7-9-18(31-2)10-8-16)26-27-22(28)32-14-21(30)25-17-6-4-5-15(23)12-17/h3-10,12H,1,11,13-14H2,2H3,(H,24,29)(H,25,30). The van der Waals surface area contributed by atoms with E-state index in [1.165, 1.54) is 11.8 Å². The van der Waals surface area contributed by atoms with Crippen LogP contribution in [0.15, 0.2) is 66.3 Å². The number of thioether (sulfide) groups is 1. The fraction of sp³-hybridized carbons (Fsp3) is 0.182. The molecule has 32 heavy (non-hydrogen) atoms. The first kappa shape index (κ1) is 23.4. The van der Waals surface area contributed by atoms with Gasteiger partial charge in [0.2, 0.25) is 11.8 Å². The summed E-state index contributed by atoms with van der Waals surface area (Å²) in [5, 5.41) is 14.9. The van der Waals surface area contributed by atoms with E-state index in [1.807, 2.05) is 0 Å². The molecule has 2 N–H and O–H groups in total. The van der Waals surface area contributed by atoms with Gasteiger partial charge < -0.3 is 19.9 Å². The van der Waals surface area contributed by atoms with Gasteiger partial charge >= 0.3 is 0 Å². The number of aromatic nitrogens is 3. The van der Waals surface area contributed by atoms with Crippen molar-refractivity contribution in [1.29, 1.82) is 0 Å². The molecule has 8 nitrogen and oxygen atoms in total. The molecule has 0 fully saturated rings. The highest BCUT2D eigenvalue weighted by atomic mass is 35.5. The number of nitrogens with one attached hydrogen (secondary N) is 2. The number of hydrogen-bond acceptors (Lipinski definition) is 6. The third-order valence-electron chi connectivity index (χ3n) is 4.24. The molecule has 0 atom stereocenters. The molecule has 166 valence electrons. The molecule has 0 aliphatic rings. The lowest BCUT2D eigenvalue weighted by Crippen LogP contribution is -2.18. The minimum atomic E-state index is -0.233. The Labute approximate surface area is 195 Å². The maximum absolute atomic E-state index is 12.5. The van der Waals surface area contributed by atoms with Gasteiger partial charge in [-0.1, -0.05) is 35.5 Å². The van der Waals surface area contributed by atoms with Crippen LogP contribution in [0.25, 0.3) is 0 Å². The van der Waals surface area contributed by atoms with E-state index in [1.54, 1.807) is 66.3 Å². The Balaban J connectivity index is 1.60. The molecule has 0 spiro atoms. The molecule has 0 unspecified atom stereocenters. The van der Waals surface area contributed by atoms with Gasteiger partial charge in [-0.15, -0.1) is 16.8 Å². The second-order valence-corrected chi connectivity index (χ2v) is 7.98. The first-order chi connectivity index (χ1) is 15.5. The average Bonchev–Trinajstić information content (AvgIpc) is 3.14. The van der Waals surface area contributed by atoms with Gasteiger partial charge in [-0.05, 0) is 42.5 Å². The average molecular weight is 472 g/mol. The van der Waals surface area contributed by atoms with E-state index in [9.17, 15) is 9.59 Å². The lowest BCUT2D eigenvalue weighted by molar-refractivity contribution is -0.116. The summed E-state index contributed by atoms with van der Waals surface area (Å²) >= 11 is 7.17. The van der Waals surface area contributed by atoms with E-state index in [0.717, 1.165) is 0 Å². The van der Waals surface area contributed by atoms with E-state index in [-0.39, 0.29) is 24.0 Å². The second kappa shape index (κ2) is 11.4. The van der Waals surface area contributed by atoms with E-state index in [0.29, 0.717) is 39.7 Å². The minimum absolute atomic E-state index is 0.0299. The Bertz CT molecular complexity index is 1100. The summed E-state index contributed by atoms with van der Waals surface area (Å²) in [6.07, 6.45) is 1.71. The minimum Gasteiger partial charge on any atom is -0.497 e. The van der Waals surface area contributed by atoms with Crippen LogP contribution >= 0.6 is 23.4 Å². The summed E-state index contributed by atoms with van der Waals surface area (Å²) in [5.74, 6) is 0.871. The SMILES string of the molecule is C=CCn1c(CC(=O)Nc2ccc(OC)cc2)nnc1SCC(=O)Nc1cccc(Cl)c1. The number of carbonyl (C=O) groups is 2. The van der Waals surface area contributed by atoms with Crippen LogP contribution in [0.4, 0.5) is 11.4 Å². The highest BCUT2D eigenvalue weighted by molar-refractivity contribution is 7.99. The van der Waals surface area contributed by atoms with Gasteiger partial charge in [0, 0.05) is 22.9 Å². The Hall–Kier alpha value is -3.30. The fourth-order valence-corrected chi connectivity index (χ4v) is 3.74. The smallest absolute Gasteiger partial charge is 0.234 e. The zero-order valence-electron chi connectivity index (χ0n) is 17.4. The number of ether oxygens (including phenoxy) is 1. The van der Waals surface area contributed by atoms with Gasteiger partial charge in [0.1, 0.15) is 11.6 Å². The van der Waals surface area contributed by atoms with Gasteiger partial charge in [0.05, 0.1) is 19.3 Å². The maximum atomic E-state index is 12.5. The van der Waals surface area contributed by atoms with Gasteiger partial charge in [-0.3, -0.25) is 9.59 Å². The number of nitrogens with zero attached hydrogens (tertiary/aromatic N) is 3. The predicted molar refractivity (Wildman–Crippen MR) is 126 cm³/mol. The molecular weight excluding hydrogens is 450 g/mol. The molecule has 2 amide bonds. The fourth-order valence-electron chi connectivity index (χ4n) is 2.79. The number of allylic oxidation sites excluding steroid dienone is 1. The molecule has 2 aromatic carbocycles. The third-order valence-corrected chi connectivity index (χ3v) is 5.44. The van der Waals surface area contributed by atoms with E-state index >= 15 is 0 Å². The Kier molecular flexibility index (Phi) is 8.29. The summed E-state index contributed by atoms with van der Waals surface area (Å²) < 4.78 is 6.87. The summed E-state index contributed by atoms with van der Waals surface area (Å²) in [4.78, 5) is 24.7. The molecule has 1 heterocycles. The van der Waals surface area contributed by atoms with Crippen LogP contribution < -0.4 is 15.4 Å². The molecule has 0 saturated heterocycles. The quantitative estimate of drug-likeness (QED) is 0.342.